The molecule has 2 aromatic carbocycles. The summed E-state index contributed by atoms with van der Waals surface area (Å²) >= 11 is 9.45. The van der Waals surface area contributed by atoms with Gasteiger partial charge in [0, 0.05) is 10.5 Å². The van der Waals surface area contributed by atoms with Crippen molar-refractivity contribution in [3.8, 4) is 0 Å². The Kier molecular flexibility index (Phi) is 3.81. The van der Waals surface area contributed by atoms with Crippen LogP contribution in [0.3, 0.4) is 0 Å². The first-order valence-corrected chi connectivity index (χ1v) is 7.63. The maximum absolute atomic E-state index is 12.3. The molecule has 0 spiro atoms. The molecule has 102 valence electrons. The van der Waals surface area contributed by atoms with Gasteiger partial charge >= 0.3 is 0 Å². The number of halogens is 2. The van der Waals surface area contributed by atoms with E-state index in [9.17, 15) is 4.79 Å². The minimum atomic E-state index is -0.111. The van der Waals surface area contributed by atoms with Crippen LogP contribution in [0, 0.1) is 0 Å². The zero-order valence-electron chi connectivity index (χ0n) is 10.7. The van der Waals surface area contributed by atoms with Gasteiger partial charge in [0.05, 0.1) is 10.6 Å². The van der Waals surface area contributed by atoms with E-state index in [1.807, 2.05) is 18.2 Å². The van der Waals surface area contributed by atoms with Gasteiger partial charge in [0.25, 0.3) is 5.91 Å². The number of hydrogen-bond donors (Lipinski definition) is 1. The van der Waals surface area contributed by atoms with Crippen LogP contribution in [0.5, 0.6) is 0 Å². The molecule has 4 heteroatoms. The Morgan fingerprint density at radius 2 is 1.80 bits per heavy atom. The first kappa shape index (κ1) is 13.7. The summed E-state index contributed by atoms with van der Waals surface area (Å²) in [7, 11) is 0. The molecule has 0 saturated heterocycles. The topological polar surface area (TPSA) is 29.1 Å². The van der Waals surface area contributed by atoms with Crippen LogP contribution >= 0.6 is 27.5 Å². The van der Waals surface area contributed by atoms with Crippen LogP contribution in [0.2, 0.25) is 5.02 Å². The number of nitrogens with one attached hydrogen (secondary N) is 1. The Morgan fingerprint density at radius 3 is 2.40 bits per heavy atom. The monoisotopic (exact) mass is 349 g/mol. The summed E-state index contributed by atoms with van der Waals surface area (Å²) in [6, 6.07) is 13.8. The summed E-state index contributed by atoms with van der Waals surface area (Å²) in [5.41, 5.74) is 3.16. The molecule has 20 heavy (non-hydrogen) atoms. The summed E-state index contributed by atoms with van der Waals surface area (Å²) in [6.07, 6.45) is 1.77. The van der Waals surface area contributed by atoms with Gasteiger partial charge < -0.3 is 5.32 Å². The van der Waals surface area contributed by atoms with Crippen LogP contribution in [0.15, 0.2) is 46.9 Å². The minimum absolute atomic E-state index is 0.111. The summed E-state index contributed by atoms with van der Waals surface area (Å²) in [6.45, 7) is 0. The highest BCUT2D eigenvalue weighted by atomic mass is 79.9. The van der Waals surface area contributed by atoms with Gasteiger partial charge in [-0.15, -0.1) is 0 Å². The van der Waals surface area contributed by atoms with Crippen molar-refractivity contribution in [2.24, 2.45) is 0 Å². The SMILES string of the molecule is O=C(NC1Cc2ccccc2C1)c1ccc(Br)cc1Cl. The van der Waals surface area contributed by atoms with E-state index in [4.69, 9.17) is 11.6 Å². The second-order valence-corrected chi connectivity index (χ2v) is 6.29. The Balaban J connectivity index is 1.72. The zero-order valence-corrected chi connectivity index (χ0v) is 13.0. The molecule has 1 N–H and O–H groups in total. The molecule has 0 atom stereocenters. The van der Waals surface area contributed by atoms with Crippen molar-refractivity contribution in [1.82, 2.24) is 5.32 Å². The third-order valence-corrected chi connectivity index (χ3v) is 4.37. The summed E-state index contributed by atoms with van der Waals surface area (Å²) in [5.74, 6) is -0.111. The van der Waals surface area contributed by atoms with Crippen LogP contribution in [0.4, 0.5) is 0 Å². The average Bonchev–Trinajstić information content (AvgIpc) is 2.80. The smallest absolute Gasteiger partial charge is 0.253 e. The molecule has 0 heterocycles. The molecule has 1 aliphatic carbocycles. The lowest BCUT2D eigenvalue weighted by Crippen LogP contribution is -2.35. The summed E-state index contributed by atoms with van der Waals surface area (Å²) in [4.78, 5) is 12.3. The molecular weight excluding hydrogens is 338 g/mol. The number of hydrogen-bond acceptors (Lipinski definition) is 1. The third-order valence-electron chi connectivity index (χ3n) is 3.56. The average molecular weight is 351 g/mol. The van der Waals surface area contributed by atoms with E-state index in [1.165, 1.54) is 11.1 Å². The molecule has 1 amide bonds. The maximum Gasteiger partial charge on any atom is 0.253 e. The number of amides is 1. The van der Waals surface area contributed by atoms with Crippen LogP contribution in [0.25, 0.3) is 0 Å². The molecule has 2 nitrogen and oxygen atoms in total. The predicted molar refractivity (Wildman–Crippen MR) is 84.3 cm³/mol. The van der Waals surface area contributed by atoms with E-state index in [-0.39, 0.29) is 11.9 Å². The van der Waals surface area contributed by atoms with Crippen LogP contribution < -0.4 is 5.32 Å². The molecule has 0 unspecified atom stereocenters. The maximum atomic E-state index is 12.3. The molecule has 2 aromatic rings. The molecule has 0 bridgehead atoms. The lowest BCUT2D eigenvalue weighted by Gasteiger charge is -2.13. The lowest BCUT2D eigenvalue weighted by atomic mass is 10.1. The molecule has 0 aliphatic heterocycles. The van der Waals surface area contributed by atoms with E-state index < -0.39 is 0 Å². The molecule has 0 aromatic heterocycles. The van der Waals surface area contributed by atoms with Gasteiger partial charge in [0.15, 0.2) is 0 Å². The first-order chi connectivity index (χ1) is 9.63. The number of fused-ring (bicyclic) bond motifs is 1. The van der Waals surface area contributed by atoms with E-state index in [2.05, 4.69) is 33.4 Å². The van der Waals surface area contributed by atoms with Gasteiger partial charge in [-0.25, -0.2) is 0 Å². The Labute approximate surface area is 131 Å². The van der Waals surface area contributed by atoms with Gasteiger partial charge in [0.1, 0.15) is 0 Å². The number of rotatable bonds is 2. The van der Waals surface area contributed by atoms with Crippen molar-refractivity contribution in [3.05, 3.63) is 68.7 Å². The molecule has 0 fully saturated rings. The van der Waals surface area contributed by atoms with Crippen LogP contribution in [-0.2, 0) is 12.8 Å². The second kappa shape index (κ2) is 5.58. The Morgan fingerprint density at radius 1 is 1.15 bits per heavy atom. The zero-order chi connectivity index (χ0) is 14.1. The third kappa shape index (κ3) is 2.74. The number of carbonyl (C=O) groups excluding carboxylic acids is 1. The first-order valence-electron chi connectivity index (χ1n) is 6.46. The Bertz CT molecular complexity index is 646. The van der Waals surface area contributed by atoms with Crippen LogP contribution in [-0.4, -0.2) is 11.9 Å². The fraction of sp³-hybridized carbons (Fsp3) is 0.188. The highest BCUT2D eigenvalue weighted by molar-refractivity contribution is 9.10. The van der Waals surface area contributed by atoms with Crippen molar-refractivity contribution in [3.63, 3.8) is 0 Å². The van der Waals surface area contributed by atoms with Crippen molar-refractivity contribution in [2.75, 3.05) is 0 Å². The van der Waals surface area contributed by atoms with E-state index in [0.717, 1.165) is 17.3 Å². The van der Waals surface area contributed by atoms with Gasteiger partial charge in [-0.2, -0.15) is 0 Å². The van der Waals surface area contributed by atoms with Gasteiger partial charge in [-0.1, -0.05) is 51.8 Å². The second-order valence-electron chi connectivity index (χ2n) is 4.97. The van der Waals surface area contributed by atoms with Crippen molar-refractivity contribution in [2.45, 2.75) is 18.9 Å². The number of carbonyl (C=O) groups is 1. The van der Waals surface area contributed by atoms with Crippen LogP contribution in [0.1, 0.15) is 21.5 Å². The fourth-order valence-electron chi connectivity index (χ4n) is 2.60. The molecule has 3 rings (SSSR count). The van der Waals surface area contributed by atoms with E-state index in [0.29, 0.717) is 10.6 Å². The lowest BCUT2D eigenvalue weighted by molar-refractivity contribution is 0.0939. The highest BCUT2D eigenvalue weighted by Gasteiger charge is 2.23. The van der Waals surface area contributed by atoms with Crippen molar-refractivity contribution < 1.29 is 4.79 Å². The molecular formula is C16H13BrClNO. The van der Waals surface area contributed by atoms with Crippen molar-refractivity contribution >= 4 is 33.4 Å². The van der Waals surface area contributed by atoms with Gasteiger partial charge in [0.2, 0.25) is 0 Å². The van der Waals surface area contributed by atoms with Crippen molar-refractivity contribution in [1.29, 1.82) is 0 Å². The van der Waals surface area contributed by atoms with E-state index >= 15 is 0 Å². The highest BCUT2D eigenvalue weighted by Crippen LogP contribution is 2.24. The molecule has 1 aliphatic rings. The Hall–Kier alpha value is -1.32. The largest absolute Gasteiger partial charge is 0.349 e. The minimum Gasteiger partial charge on any atom is -0.349 e. The fourth-order valence-corrected chi connectivity index (χ4v) is 3.36. The quantitative estimate of drug-likeness (QED) is 0.871. The standard InChI is InChI=1S/C16H13BrClNO/c17-12-5-6-14(15(18)9-12)16(20)19-13-7-10-3-1-2-4-11(10)8-13/h1-6,9,13H,7-8H2,(H,19,20). The normalized spacial score (nSPS) is 14.1. The summed E-state index contributed by atoms with van der Waals surface area (Å²) in [5, 5.41) is 3.53. The number of benzene rings is 2. The molecule has 0 radical (unpaired) electrons. The predicted octanol–water partition coefficient (Wildman–Crippen LogP) is 4.00. The molecule has 0 saturated carbocycles. The van der Waals surface area contributed by atoms with Gasteiger partial charge in [-0.3, -0.25) is 4.79 Å². The van der Waals surface area contributed by atoms with Gasteiger partial charge in [-0.05, 0) is 42.2 Å². The van der Waals surface area contributed by atoms with E-state index in [1.54, 1.807) is 12.1 Å². The summed E-state index contributed by atoms with van der Waals surface area (Å²) < 4.78 is 0.868.